The first kappa shape index (κ1) is 16.3. The number of carboxylic acid groups (broad SMARTS) is 1. The zero-order valence-corrected chi connectivity index (χ0v) is 12.2. The number of carbonyl (C=O) groups is 2. The Morgan fingerprint density at radius 2 is 2.00 bits per heavy atom. The van der Waals surface area contributed by atoms with E-state index in [9.17, 15) is 9.59 Å². The van der Waals surface area contributed by atoms with Gasteiger partial charge < -0.3 is 15.2 Å². The minimum absolute atomic E-state index is 0.0712. The van der Waals surface area contributed by atoms with Crippen molar-refractivity contribution in [3.63, 3.8) is 0 Å². The first-order valence-corrected chi connectivity index (χ1v) is 6.69. The van der Waals surface area contributed by atoms with Crippen LogP contribution in [0.3, 0.4) is 0 Å². The maximum Gasteiger partial charge on any atom is 0.326 e. The highest BCUT2D eigenvalue weighted by molar-refractivity contribution is 6.32. The average molecular weight is 300 g/mol. The topological polar surface area (TPSA) is 75.6 Å². The van der Waals surface area contributed by atoms with Crippen molar-refractivity contribution >= 4 is 23.5 Å². The summed E-state index contributed by atoms with van der Waals surface area (Å²) in [7, 11) is 0. The molecule has 1 aromatic carbocycles. The molecule has 0 saturated carbocycles. The van der Waals surface area contributed by atoms with Gasteiger partial charge in [-0.05, 0) is 18.1 Å². The van der Waals surface area contributed by atoms with Crippen molar-refractivity contribution in [3.8, 4) is 5.75 Å². The minimum atomic E-state index is -1.04. The molecule has 6 heteroatoms. The number of amides is 1. The number of aliphatic carboxylic acids is 1. The van der Waals surface area contributed by atoms with Crippen molar-refractivity contribution in [3.05, 3.63) is 29.3 Å². The van der Waals surface area contributed by atoms with Gasteiger partial charge in [-0.3, -0.25) is 4.79 Å². The van der Waals surface area contributed by atoms with Crippen LogP contribution in [0, 0.1) is 5.92 Å². The van der Waals surface area contributed by atoms with Crippen LogP contribution in [0.25, 0.3) is 0 Å². The molecule has 0 aliphatic heterocycles. The lowest BCUT2D eigenvalue weighted by molar-refractivity contribution is -0.143. The second-order valence-corrected chi connectivity index (χ2v) is 5.06. The molecule has 110 valence electrons. The fourth-order valence-corrected chi connectivity index (χ4v) is 1.76. The van der Waals surface area contributed by atoms with E-state index in [0.29, 0.717) is 10.8 Å². The fourth-order valence-electron chi connectivity index (χ4n) is 1.57. The lowest BCUT2D eigenvalue weighted by atomic mass is 10.0. The summed E-state index contributed by atoms with van der Waals surface area (Å²) in [6, 6.07) is 6.07. The number of rotatable bonds is 7. The normalized spacial score (nSPS) is 12.0. The smallest absolute Gasteiger partial charge is 0.326 e. The molecule has 1 amide bonds. The monoisotopic (exact) mass is 299 g/mol. The molecule has 0 heterocycles. The van der Waals surface area contributed by atoms with E-state index < -0.39 is 12.0 Å². The molecule has 1 atom stereocenters. The lowest BCUT2D eigenvalue weighted by Gasteiger charge is -2.17. The van der Waals surface area contributed by atoms with E-state index in [4.69, 9.17) is 21.4 Å². The van der Waals surface area contributed by atoms with Crippen LogP contribution in [0.4, 0.5) is 0 Å². The average Bonchev–Trinajstić information content (AvgIpc) is 2.37. The summed E-state index contributed by atoms with van der Waals surface area (Å²) in [6.07, 6.45) is 0.0712. The van der Waals surface area contributed by atoms with Crippen LogP contribution in [0.15, 0.2) is 24.3 Å². The van der Waals surface area contributed by atoms with Crippen molar-refractivity contribution < 1.29 is 19.4 Å². The minimum Gasteiger partial charge on any atom is -0.491 e. The quantitative estimate of drug-likeness (QED) is 0.810. The molecule has 1 rings (SSSR count). The molecular weight excluding hydrogens is 282 g/mol. The van der Waals surface area contributed by atoms with Gasteiger partial charge in [0.15, 0.2) is 0 Å². The van der Waals surface area contributed by atoms with Crippen molar-refractivity contribution in [2.75, 3.05) is 6.61 Å². The molecule has 0 saturated heterocycles. The molecular formula is C14H18ClNO4. The molecule has 0 spiro atoms. The summed E-state index contributed by atoms with van der Waals surface area (Å²) < 4.78 is 5.37. The molecule has 5 nitrogen and oxygen atoms in total. The third kappa shape index (κ3) is 5.09. The van der Waals surface area contributed by atoms with Crippen LogP contribution in [0.2, 0.25) is 5.02 Å². The summed E-state index contributed by atoms with van der Waals surface area (Å²) in [5, 5.41) is 11.9. The molecule has 20 heavy (non-hydrogen) atoms. The Hall–Kier alpha value is -1.75. The van der Waals surface area contributed by atoms with Crippen LogP contribution in [-0.2, 0) is 9.59 Å². The maximum atomic E-state index is 11.7. The number of hydrogen-bond acceptors (Lipinski definition) is 3. The molecule has 0 unspecified atom stereocenters. The van der Waals surface area contributed by atoms with E-state index in [1.807, 2.05) is 0 Å². The first-order chi connectivity index (χ1) is 9.41. The van der Waals surface area contributed by atoms with E-state index in [2.05, 4.69) is 5.32 Å². The molecule has 1 aromatic rings. The highest BCUT2D eigenvalue weighted by Crippen LogP contribution is 2.23. The van der Waals surface area contributed by atoms with Crippen molar-refractivity contribution in [2.45, 2.75) is 26.3 Å². The number of carbonyl (C=O) groups excluding carboxylic acids is 1. The highest BCUT2D eigenvalue weighted by Gasteiger charge is 2.23. The van der Waals surface area contributed by atoms with Crippen LogP contribution in [-0.4, -0.2) is 29.6 Å². The fraction of sp³-hybridized carbons (Fsp3) is 0.429. The number of para-hydroxylation sites is 1. The lowest BCUT2D eigenvalue weighted by Crippen LogP contribution is -2.44. The number of hydrogen-bond donors (Lipinski definition) is 2. The second kappa shape index (κ2) is 7.75. The third-order valence-electron chi connectivity index (χ3n) is 2.67. The van der Waals surface area contributed by atoms with Gasteiger partial charge in [0, 0.05) is 0 Å². The Kier molecular flexibility index (Phi) is 6.31. The van der Waals surface area contributed by atoms with Gasteiger partial charge in [-0.15, -0.1) is 0 Å². The molecule has 0 aliphatic rings. The van der Waals surface area contributed by atoms with E-state index >= 15 is 0 Å². The second-order valence-electron chi connectivity index (χ2n) is 4.66. The van der Waals surface area contributed by atoms with Gasteiger partial charge in [-0.25, -0.2) is 4.79 Å². The maximum absolute atomic E-state index is 11.7. The SMILES string of the molecule is CC(C)[C@H](NC(=O)CCOc1ccccc1Cl)C(=O)O. The van der Waals surface area contributed by atoms with Gasteiger partial charge >= 0.3 is 5.97 Å². The molecule has 2 N–H and O–H groups in total. The predicted molar refractivity (Wildman–Crippen MR) is 76.0 cm³/mol. The summed E-state index contributed by atoms with van der Waals surface area (Å²) >= 11 is 5.90. The van der Waals surface area contributed by atoms with Crippen LogP contribution < -0.4 is 10.1 Å². The van der Waals surface area contributed by atoms with Crippen LogP contribution in [0.5, 0.6) is 5.75 Å². The zero-order chi connectivity index (χ0) is 15.1. The van der Waals surface area contributed by atoms with Gasteiger partial charge in [0.25, 0.3) is 0 Å². The number of ether oxygens (including phenoxy) is 1. The summed E-state index contributed by atoms with van der Waals surface area (Å²) in [5.41, 5.74) is 0. The Labute approximate surface area is 122 Å². The first-order valence-electron chi connectivity index (χ1n) is 6.31. The Bertz CT molecular complexity index is 476. The molecule has 0 radical (unpaired) electrons. The van der Waals surface area contributed by atoms with Crippen molar-refractivity contribution in [1.29, 1.82) is 0 Å². The Morgan fingerprint density at radius 3 is 2.55 bits per heavy atom. The molecule has 0 fully saturated rings. The third-order valence-corrected chi connectivity index (χ3v) is 2.98. The largest absolute Gasteiger partial charge is 0.491 e. The molecule has 0 aliphatic carbocycles. The Balaban J connectivity index is 2.40. The van der Waals surface area contributed by atoms with E-state index in [1.54, 1.807) is 38.1 Å². The molecule has 0 aromatic heterocycles. The van der Waals surface area contributed by atoms with Crippen LogP contribution in [0.1, 0.15) is 20.3 Å². The number of halogens is 1. The van der Waals surface area contributed by atoms with Crippen molar-refractivity contribution in [2.24, 2.45) is 5.92 Å². The van der Waals surface area contributed by atoms with Gasteiger partial charge in [-0.2, -0.15) is 0 Å². The Morgan fingerprint density at radius 1 is 1.35 bits per heavy atom. The summed E-state index contributed by atoms with van der Waals surface area (Å²) in [5.74, 6) is -1.08. The van der Waals surface area contributed by atoms with E-state index in [0.717, 1.165) is 0 Å². The highest BCUT2D eigenvalue weighted by atomic mass is 35.5. The summed E-state index contributed by atoms with van der Waals surface area (Å²) in [6.45, 7) is 3.61. The van der Waals surface area contributed by atoms with Crippen LogP contribution >= 0.6 is 11.6 Å². The summed E-state index contributed by atoms with van der Waals surface area (Å²) in [4.78, 5) is 22.6. The van der Waals surface area contributed by atoms with Crippen molar-refractivity contribution in [1.82, 2.24) is 5.32 Å². The number of benzene rings is 1. The molecule has 0 bridgehead atoms. The number of nitrogens with one attached hydrogen (secondary N) is 1. The van der Waals surface area contributed by atoms with Gasteiger partial charge in [0.2, 0.25) is 5.91 Å². The van der Waals surface area contributed by atoms with Gasteiger partial charge in [0.1, 0.15) is 11.8 Å². The zero-order valence-electron chi connectivity index (χ0n) is 11.4. The van der Waals surface area contributed by atoms with E-state index in [-0.39, 0.29) is 24.9 Å². The van der Waals surface area contributed by atoms with Gasteiger partial charge in [-0.1, -0.05) is 37.6 Å². The number of carboxylic acids is 1. The van der Waals surface area contributed by atoms with E-state index in [1.165, 1.54) is 0 Å². The standard InChI is InChI=1S/C14H18ClNO4/c1-9(2)13(14(18)19)16-12(17)7-8-20-11-6-4-3-5-10(11)15/h3-6,9,13H,7-8H2,1-2H3,(H,16,17)(H,18,19)/t13-/m0/s1. The van der Waals surface area contributed by atoms with Gasteiger partial charge in [0.05, 0.1) is 18.1 Å². The predicted octanol–water partition coefficient (Wildman–Crippen LogP) is 2.33.